The molecule has 0 spiro atoms. The zero-order valence-corrected chi connectivity index (χ0v) is 17.9. The van der Waals surface area contributed by atoms with Gasteiger partial charge in [-0.2, -0.15) is 5.10 Å². The summed E-state index contributed by atoms with van der Waals surface area (Å²) in [5.74, 6) is 0.342. The Morgan fingerprint density at radius 1 is 1.10 bits per heavy atom. The van der Waals surface area contributed by atoms with Crippen LogP contribution in [0, 0.1) is 5.82 Å². The van der Waals surface area contributed by atoms with E-state index in [0.717, 1.165) is 5.56 Å². The summed E-state index contributed by atoms with van der Waals surface area (Å²) in [5.41, 5.74) is 7.28. The van der Waals surface area contributed by atoms with Crippen LogP contribution in [0.4, 0.5) is 4.39 Å². The molecule has 3 rings (SSSR count). The number of amidine groups is 1. The van der Waals surface area contributed by atoms with E-state index in [4.69, 9.17) is 15.0 Å². The fourth-order valence-electron chi connectivity index (χ4n) is 2.75. The molecule has 2 aromatic rings. The second-order valence-electron chi connectivity index (χ2n) is 7.82. The Bertz CT molecular complexity index is 903. The van der Waals surface area contributed by atoms with Crippen LogP contribution in [0.2, 0.25) is 0 Å². The molecule has 0 aliphatic carbocycles. The zero-order valence-electron chi connectivity index (χ0n) is 17.1. The molecule has 152 valence electrons. The number of thioether (sulfide) groups is 1. The highest BCUT2D eigenvalue weighted by atomic mass is 32.2. The van der Waals surface area contributed by atoms with Crippen LogP contribution in [-0.2, 0) is 15.1 Å². The molecule has 0 unspecified atom stereocenters. The largest absolute Gasteiger partial charge is 0.495 e. The van der Waals surface area contributed by atoms with Gasteiger partial charge in [-0.15, -0.1) is 5.10 Å². The zero-order chi connectivity index (χ0) is 21.1. The van der Waals surface area contributed by atoms with Crippen LogP contribution in [0.3, 0.4) is 0 Å². The minimum Gasteiger partial charge on any atom is -0.399 e. The molecule has 1 fully saturated rings. The maximum Gasteiger partial charge on any atom is 0.495 e. The third kappa shape index (κ3) is 5.26. The predicted molar refractivity (Wildman–Crippen MR) is 119 cm³/mol. The molecule has 2 aromatic carbocycles. The highest BCUT2D eigenvalue weighted by Crippen LogP contribution is 2.36. The lowest BCUT2D eigenvalue weighted by atomic mass is 9.76. The molecule has 0 aromatic heterocycles. The number of nitrogens with two attached hydrogens (primary N) is 1. The second kappa shape index (κ2) is 8.69. The Morgan fingerprint density at radius 2 is 1.76 bits per heavy atom. The summed E-state index contributed by atoms with van der Waals surface area (Å²) in [7, 11) is -0.689. The van der Waals surface area contributed by atoms with E-state index in [1.165, 1.54) is 30.1 Å². The average Bonchev–Trinajstić information content (AvgIpc) is 2.89. The SMILES string of the molecule is CC1(C)OB(c2cc(F)ccc2C=NN=C(N)SCc2ccccc2)OC1(C)C. The minimum atomic E-state index is -0.689. The normalized spacial score (nSPS) is 18.5. The van der Waals surface area contributed by atoms with Crippen molar-refractivity contribution >= 4 is 35.7 Å². The fourth-order valence-corrected chi connectivity index (χ4v) is 3.36. The van der Waals surface area contributed by atoms with Gasteiger partial charge in [-0.25, -0.2) is 4.39 Å². The molecule has 2 N–H and O–H groups in total. The van der Waals surface area contributed by atoms with Gasteiger partial charge in [0.2, 0.25) is 0 Å². The predicted octanol–water partition coefficient (Wildman–Crippen LogP) is 3.71. The number of hydrogen-bond acceptors (Lipinski definition) is 5. The van der Waals surface area contributed by atoms with E-state index in [2.05, 4.69) is 10.2 Å². The van der Waals surface area contributed by atoms with Gasteiger partial charge in [0.25, 0.3) is 0 Å². The standard InChI is InChI=1S/C21H25BFN3O2S/c1-20(2)21(3,4)28-22(27-20)18-12-17(23)11-10-16(18)13-25-26-19(24)29-14-15-8-6-5-7-9-15/h5-13H,14H2,1-4H3,(H2,24,26). The van der Waals surface area contributed by atoms with Gasteiger partial charge in [0.15, 0.2) is 5.17 Å². The molecule has 1 aliphatic heterocycles. The fraction of sp³-hybridized carbons (Fsp3) is 0.333. The Hall–Kier alpha value is -2.16. The van der Waals surface area contributed by atoms with Crippen LogP contribution in [0.1, 0.15) is 38.8 Å². The van der Waals surface area contributed by atoms with Crippen molar-refractivity contribution in [2.75, 3.05) is 0 Å². The molecule has 1 heterocycles. The van der Waals surface area contributed by atoms with Crippen molar-refractivity contribution in [3.63, 3.8) is 0 Å². The van der Waals surface area contributed by atoms with Crippen molar-refractivity contribution in [3.8, 4) is 0 Å². The Morgan fingerprint density at radius 3 is 2.41 bits per heavy atom. The summed E-state index contributed by atoms with van der Waals surface area (Å²) in [4.78, 5) is 0. The van der Waals surface area contributed by atoms with Gasteiger partial charge in [-0.05, 0) is 56.4 Å². The first-order valence-electron chi connectivity index (χ1n) is 9.36. The molecule has 8 heteroatoms. The molecule has 0 atom stereocenters. The van der Waals surface area contributed by atoms with Crippen molar-refractivity contribution in [1.82, 2.24) is 0 Å². The summed E-state index contributed by atoms with van der Waals surface area (Å²) < 4.78 is 26.0. The first kappa shape index (κ1) is 21.6. The number of nitrogens with zero attached hydrogens (tertiary/aromatic N) is 2. The lowest BCUT2D eigenvalue weighted by Crippen LogP contribution is -2.41. The second-order valence-corrected chi connectivity index (χ2v) is 8.81. The molecule has 0 amide bonds. The summed E-state index contributed by atoms with van der Waals surface area (Å²) >= 11 is 1.40. The van der Waals surface area contributed by atoms with Crippen molar-refractivity contribution in [1.29, 1.82) is 0 Å². The summed E-state index contributed by atoms with van der Waals surface area (Å²) in [5, 5.41) is 8.46. The smallest absolute Gasteiger partial charge is 0.399 e. The molecule has 0 saturated carbocycles. The minimum absolute atomic E-state index is 0.351. The highest BCUT2D eigenvalue weighted by molar-refractivity contribution is 8.13. The topological polar surface area (TPSA) is 69.2 Å². The van der Waals surface area contributed by atoms with Crippen LogP contribution in [0.15, 0.2) is 58.7 Å². The maximum atomic E-state index is 13.9. The summed E-state index contributed by atoms with van der Waals surface area (Å²) in [6, 6.07) is 14.4. The van der Waals surface area contributed by atoms with E-state index in [1.54, 1.807) is 6.07 Å². The van der Waals surface area contributed by atoms with E-state index in [-0.39, 0.29) is 5.82 Å². The van der Waals surface area contributed by atoms with Gasteiger partial charge < -0.3 is 15.0 Å². The van der Waals surface area contributed by atoms with Crippen molar-refractivity contribution in [2.45, 2.75) is 44.6 Å². The molecule has 29 heavy (non-hydrogen) atoms. The summed E-state index contributed by atoms with van der Waals surface area (Å²) in [6.07, 6.45) is 1.54. The third-order valence-electron chi connectivity index (χ3n) is 5.14. The lowest BCUT2D eigenvalue weighted by Gasteiger charge is -2.32. The van der Waals surface area contributed by atoms with E-state index in [9.17, 15) is 4.39 Å². The third-order valence-corrected chi connectivity index (χ3v) is 5.99. The van der Waals surface area contributed by atoms with Crippen molar-refractivity contribution < 1.29 is 13.7 Å². The van der Waals surface area contributed by atoms with Crippen LogP contribution in [-0.4, -0.2) is 29.7 Å². The Balaban J connectivity index is 1.72. The van der Waals surface area contributed by atoms with Crippen LogP contribution in [0.5, 0.6) is 0 Å². The lowest BCUT2D eigenvalue weighted by molar-refractivity contribution is 0.00578. The van der Waals surface area contributed by atoms with E-state index < -0.39 is 18.3 Å². The number of hydrogen-bond donors (Lipinski definition) is 1. The average molecular weight is 413 g/mol. The Labute approximate surface area is 175 Å². The van der Waals surface area contributed by atoms with Crippen LogP contribution in [0.25, 0.3) is 0 Å². The molecular weight excluding hydrogens is 388 g/mol. The van der Waals surface area contributed by atoms with Gasteiger partial charge in [-0.1, -0.05) is 48.2 Å². The first-order valence-corrected chi connectivity index (χ1v) is 10.3. The van der Waals surface area contributed by atoms with E-state index in [1.807, 2.05) is 58.0 Å². The molecule has 0 radical (unpaired) electrons. The molecule has 1 saturated heterocycles. The van der Waals surface area contributed by atoms with Gasteiger partial charge >= 0.3 is 7.12 Å². The monoisotopic (exact) mass is 413 g/mol. The number of rotatable bonds is 5. The van der Waals surface area contributed by atoms with Crippen molar-refractivity contribution in [3.05, 3.63) is 65.5 Å². The molecule has 1 aliphatic rings. The number of halogens is 1. The molecule has 0 bridgehead atoms. The van der Waals surface area contributed by atoms with E-state index >= 15 is 0 Å². The molecular formula is C21H25BFN3O2S. The van der Waals surface area contributed by atoms with Gasteiger partial charge in [0, 0.05) is 5.75 Å². The first-order chi connectivity index (χ1) is 13.7. The van der Waals surface area contributed by atoms with Crippen LogP contribution >= 0.6 is 11.8 Å². The van der Waals surface area contributed by atoms with E-state index in [0.29, 0.717) is 21.9 Å². The molecule has 5 nitrogen and oxygen atoms in total. The summed E-state index contributed by atoms with van der Waals surface area (Å²) in [6.45, 7) is 7.81. The van der Waals surface area contributed by atoms with Crippen LogP contribution < -0.4 is 11.2 Å². The quantitative estimate of drug-likeness (QED) is 0.351. The number of benzene rings is 2. The Kier molecular flexibility index (Phi) is 6.46. The van der Waals surface area contributed by atoms with Gasteiger partial charge in [0.1, 0.15) is 5.82 Å². The van der Waals surface area contributed by atoms with Gasteiger partial charge in [-0.3, -0.25) is 0 Å². The van der Waals surface area contributed by atoms with Crippen molar-refractivity contribution in [2.24, 2.45) is 15.9 Å². The maximum absolute atomic E-state index is 13.9. The van der Waals surface area contributed by atoms with Gasteiger partial charge in [0.05, 0.1) is 17.4 Å². The highest BCUT2D eigenvalue weighted by Gasteiger charge is 2.52.